The second kappa shape index (κ2) is 8.07. The van der Waals surface area contributed by atoms with Crippen LogP contribution in [0.5, 0.6) is 5.75 Å². The van der Waals surface area contributed by atoms with Gasteiger partial charge in [0.1, 0.15) is 6.29 Å². The molecule has 0 heterocycles. The third-order valence-corrected chi connectivity index (χ3v) is 4.35. The molecule has 0 aliphatic carbocycles. The van der Waals surface area contributed by atoms with Crippen molar-refractivity contribution in [1.82, 2.24) is 0 Å². The van der Waals surface area contributed by atoms with E-state index in [9.17, 15) is 18.3 Å². The summed E-state index contributed by atoms with van der Waals surface area (Å²) in [6, 6.07) is 12.9. The van der Waals surface area contributed by atoms with Crippen molar-refractivity contribution >= 4 is 38.6 Å². The predicted octanol–water partition coefficient (Wildman–Crippen LogP) is 0.392. The summed E-state index contributed by atoms with van der Waals surface area (Å²) in [5.41, 5.74) is 0.862. The minimum absolute atomic E-state index is 0. The molecule has 0 aliphatic rings. The van der Waals surface area contributed by atoms with Crippen LogP contribution in [0.25, 0.3) is 10.8 Å². The molecule has 0 fully saturated rings. The molecule has 126 valence electrons. The summed E-state index contributed by atoms with van der Waals surface area (Å²) in [7, 11) is -4.35. The van der Waals surface area contributed by atoms with Crippen molar-refractivity contribution in [2.75, 3.05) is 0 Å². The van der Waals surface area contributed by atoms with Crippen molar-refractivity contribution in [2.24, 2.45) is 10.2 Å². The number of rotatable bonds is 4. The topological polar surface area (TPSA) is 119 Å². The SMILES string of the molecule is O=Cc1cccc(N=Nc2c([O-])ccc3cc(S(=O)(=O)O)ccc23)c1.[Na+]. The van der Waals surface area contributed by atoms with E-state index in [1.54, 1.807) is 18.2 Å². The first-order valence-electron chi connectivity index (χ1n) is 7.07. The molecule has 0 unspecified atom stereocenters. The van der Waals surface area contributed by atoms with Crippen LogP contribution < -0.4 is 34.7 Å². The Labute approximate surface area is 171 Å². The molecule has 0 saturated carbocycles. The van der Waals surface area contributed by atoms with Crippen LogP contribution in [0.4, 0.5) is 11.4 Å². The van der Waals surface area contributed by atoms with E-state index in [2.05, 4.69) is 10.2 Å². The van der Waals surface area contributed by atoms with Crippen molar-refractivity contribution in [3.63, 3.8) is 0 Å². The molecular formula is C17H11N2NaO5S. The van der Waals surface area contributed by atoms with E-state index in [1.807, 2.05) is 0 Å². The molecule has 0 radical (unpaired) electrons. The van der Waals surface area contributed by atoms with Gasteiger partial charge >= 0.3 is 29.6 Å². The summed E-state index contributed by atoms with van der Waals surface area (Å²) in [4.78, 5) is 10.5. The molecule has 0 bridgehead atoms. The Morgan fingerprint density at radius 2 is 1.77 bits per heavy atom. The van der Waals surface area contributed by atoms with Gasteiger partial charge in [0.15, 0.2) is 0 Å². The summed E-state index contributed by atoms with van der Waals surface area (Å²) in [6.45, 7) is 0. The number of nitrogens with zero attached hydrogens (tertiary/aromatic N) is 2. The molecule has 0 spiro atoms. The predicted molar refractivity (Wildman–Crippen MR) is 89.2 cm³/mol. The Morgan fingerprint density at radius 3 is 2.46 bits per heavy atom. The van der Waals surface area contributed by atoms with Gasteiger partial charge in [0.05, 0.1) is 16.3 Å². The zero-order valence-corrected chi connectivity index (χ0v) is 16.5. The Balaban J connectivity index is 0.00000243. The normalized spacial score (nSPS) is 11.4. The van der Waals surface area contributed by atoms with E-state index in [1.165, 1.54) is 36.4 Å². The fourth-order valence-corrected chi connectivity index (χ4v) is 2.82. The molecular weight excluding hydrogens is 367 g/mol. The standard InChI is InChI=1S/C17H12N2O5S.Na/c20-10-11-2-1-3-13(8-11)18-19-17-15-6-5-14(25(22,23)24)9-12(15)4-7-16(17)21;/h1-10,21H,(H,22,23,24);/q;+1/p-1. The molecule has 9 heteroatoms. The zero-order chi connectivity index (χ0) is 18.0. The van der Waals surface area contributed by atoms with Crippen LogP contribution in [0.2, 0.25) is 0 Å². The number of carbonyl (C=O) groups is 1. The fourth-order valence-electron chi connectivity index (χ4n) is 2.30. The minimum Gasteiger partial charge on any atom is -0.871 e. The Bertz CT molecular complexity index is 1110. The first-order valence-corrected chi connectivity index (χ1v) is 8.51. The second-order valence-corrected chi connectivity index (χ2v) is 6.60. The number of benzene rings is 3. The molecule has 0 saturated heterocycles. The summed E-state index contributed by atoms with van der Waals surface area (Å²) in [5, 5.41) is 20.8. The van der Waals surface area contributed by atoms with Crippen molar-refractivity contribution < 1.29 is 52.4 Å². The van der Waals surface area contributed by atoms with E-state index in [4.69, 9.17) is 4.55 Å². The van der Waals surface area contributed by atoms with E-state index in [0.717, 1.165) is 0 Å². The van der Waals surface area contributed by atoms with Gasteiger partial charge in [-0.2, -0.15) is 18.6 Å². The first kappa shape index (κ1) is 20.2. The van der Waals surface area contributed by atoms with E-state index < -0.39 is 10.1 Å². The monoisotopic (exact) mass is 378 g/mol. The number of fused-ring (bicyclic) bond motifs is 1. The van der Waals surface area contributed by atoms with Crippen molar-refractivity contribution in [3.8, 4) is 5.75 Å². The summed E-state index contributed by atoms with van der Waals surface area (Å²) < 4.78 is 31.6. The average Bonchev–Trinajstić information content (AvgIpc) is 2.60. The summed E-state index contributed by atoms with van der Waals surface area (Å²) in [6.07, 6.45) is 0.673. The Morgan fingerprint density at radius 1 is 1.00 bits per heavy atom. The van der Waals surface area contributed by atoms with Crippen LogP contribution in [0.15, 0.2) is 69.7 Å². The number of azo groups is 1. The summed E-state index contributed by atoms with van der Waals surface area (Å²) in [5.74, 6) is -0.387. The molecule has 0 aromatic heterocycles. The number of hydrogen-bond acceptors (Lipinski definition) is 6. The van der Waals surface area contributed by atoms with Crippen molar-refractivity contribution in [1.29, 1.82) is 0 Å². The smallest absolute Gasteiger partial charge is 0.871 e. The van der Waals surface area contributed by atoms with Crippen LogP contribution in [0, 0.1) is 0 Å². The number of carbonyl (C=O) groups excluding carboxylic acids is 1. The maximum Gasteiger partial charge on any atom is 1.00 e. The third-order valence-electron chi connectivity index (χ3n) is 3.50. The van der Waals surface area contributed by atoms with Gasteiger partial charge in [0, 0.05) is 10.9 Å². The maximum atomic E-state index is 12.1. The van der Waals surface area contributed by atoms with E-state index in [-0.39, 0.29) is 45.9 Å². The van der Waals surface area contributed by atoms with Gasteiger partial charge < -0.3 is 5.11 Å². The third kappa shape index (κ3) is 4.35. The Hall–Kier alpha value is -2.10. The first-order chi connectivity index (χ1) is 11.9. The summed E-state index contributed by atoms with van der Waals surface area (Å²) >= 11 is 0. The molecule has 0 atom stereocenters. The minimum atomic E-state index is -4.35. The second-order valence-electron chi connectivity index (χ2n) is 5.18. The quantitative estimate of drug-likeness (QED) is 0.305. The van der Waals surface area contributed by atoms with Crippen LogP contribution in [-0.4, -0.2) is 19.3 Å². The molecule has 0 aliphatic heterocycles. The molecule has 3 aromatic rings. The van der Waals surface area contributed by atoms with Crippen molar-refractivity contribution in [3.05, 3.63) is 60.2 Å². The van der Waals surface area contributed by atoms with Gasteiger partial charge in [-0.3, -0.25) is 9.35 Å². The van der Waals surface area contributed by atoms with Crippen LogP contribution in [-0.2, 0) is 10.1 Å². The Kier molecular flexibility index (Phi) is 6.27. The molecule has 3 aromatic carbocycles. The van der Waals surface area contributed by atoms with Gasteiger partial charge in [-0.15, -0.1) is 0 Å². The van der Waals surface area contributed by atoms with Gasteiger partial charge in [-0.05, 0) is 29.7 Å². The van der Waals surface area contributed by atoms with Gasteiger partial charge in [0.2, 0.25) is 0 Å². The van der Waals surface area contributed by atoms with E-state index >= 15 is 0 Å². The van der Waals surface area contributed by atoms with Crippen molar-refractivity contribution in [2.45, 2.75) is 4.90 Å². The molecule has 0 amide bonds. The van der Waals surface area contributed by atoms with Crippen LogP contribution in [0.3, 0.4) is 0 Å². The van der Waals surface area contributed by atoms with Gasteiger partial charge in [0.25, 0.3) is 10.1 Å². The fraction of sp³-hybridized carbons (Fsp3) is 0. The number of aldehydes is 1. The average molecular weight is 378 g/mol. The number of hydrogen-bond donors (Lipinski definition) is 1. The molecule has 3 rings (SSSR count). The molecule has 26 heavy (non-hydrogen) atoms. The van der Waals surface area contributed by atoms with Crippen LogP contribution >= 0.6 is 0 Å². The largest absolute Gasteiger partial charge is 1.00 e. The van der Waals surface area contributed by atoms with E-state index in [0.29, 0.717) is 28.3 Å². The maximum absolute atomic E-state index is 12.1. The molecule has 7 nitrogen and oxygen atoms in total. The van der Waals surface area contributed by atoms with Crippen LogP contribution in [0.1, 0.15) is 10.4 Å². The molecule has 1 N–H and O–H groups in total. The van der Waals surface area contributed by atoms with Gasteiger partial charge in [-0.1, -0.05) is 36.1 Å². The zero-order valence-electron chi connectivity index (χ0n) is 13.7. The van der Waals surface area contributed by atoms with Gasteiger partial charge in [-0.25, -0.2) is 0 Å².